The Kier molecular flexibility index (Phi) is 5.19. The fourth-order valence-electron chi connectivity index (χ4n) is 1.54. The topological polar surface area (TPSA) is 57.5 Å². The Morgan fingerprint density at radius 1 is 1.33 bits per heavy atom. The van der Waals surface area contributed by atoms with Gasteiger partial charge in [-0.15, -0.1) is 11.6 Å². The number of carbonyl (C=O) groups is 1. The summed E-state index contributed by atoms with van der Waals surface area (Å²) in [5.74, 6) is -2.52. The first kappa shape index (κ1) is 15.0. The van der Waals surface area contributed by atoms with Crippen molar-refractivity contribution in [3.05, 3.63) is 34.9 Å². The Morgan fingerprint density at radius 3 is 2.44 bits per heavy atom. The van der Waals surface area contributed by atoms with E-state index in [2.05, 4.69) is 0 Å². The van der Waals surface area contributed by atoms with E-state index in [9.17, 15) is 23.8 Å². The fraction of sp³-hybridized carbons (Fsp3) is 0.417. The van der Waals surface area contributed by atoms with Crippen molar-refractivity contribution in [1.29, 1.82) is 0 Å². The highest BCUT2D eigenvalue weighted by atomic mass is 35.5. The molecule has 2 N–H and O–H groups in total. The van der Waals surface area contributed by atoms with Crippen molar-refractivity contribution in [2.75, 3.05) is 5.88 Å². The Balaban J connectivity index is 3.15. The first-order valence-corrected chi connectivity index (χ1v) is 5.84. The van der Waals surface area contributed by atoms with Crippen molar-refractivity contribution < 1.29 is 23.8 Å². The van der Waals surface area contributed by atoms with Gasteiger partial charge in [-0.25, -0.2) is 8.78 Å². The van der Waals surface area contributed by atoms with Crippen LogP contribution in [0.4, 0.5) is 8.78 Å². The Hall–Kier alpha value is -1.04. The molecule has 0 saturated heterocycles. The number of rotatable bonds is 5. The summed E-state index contributed by atoms with van der Waals surface area (Å²) < 4.78 is 26.8. The van der Waals surface area contributed by atoms with E-state index in [1.54, 1.807) is 0 Å². The lowest BCUT2D eigenvalue weighted by Crippen LogP contribution is -2.20. The van der Waals surface area contributed by atoms with Crippen LogP contribution in [0.5, 0.6) is 0 Å². The zero-order valence-corrected chi connectivity index (χ0v) is 10.4. The number of aliphatic hydroxyl groups excluding tert-OH is 2. The predicted molar refractivity (Wildman–Crippen MR) is 62.7 cm³/mol. The van der Waals surface area contributed by atoms with Gasteiger partial charge >= 0.3 is 0 Å². The first-order valence-electron chi connectivity index (χ1n) is 5.30. The van der Waals surface area contributed by atoms with Gasteiger partial charge in [0.15, 0.2) is 5.78 Å². The molecule has 0 bridgehead atoms. The lowest BCUT2D eigenvalue weighted by molar-refractivity contribution is 0.0148. The highest BCUT2D eigenvalue weighted by Crippen LogP contribution is 2.25. The molecule has 0 fully saturated rings. The third-order valence-electron chi connectivity index (χ3n) is 2.55. The summed E-state index contributed by atoms with van der Waals surface area (Å²) in [6, 6.07) is 1.43. The van der Waals surface area contributed by atoms with Crippen LogP contribution in [0, 0.1) is 11.6 Å². The molecular formula is C12H13ClF2O3. The van der Waals surface area contributed by atoms with Crippen LogP contribution in [0.15, 0.2) is 12.1 Å². The molecule has 1 aromatic rings. The van der Waals surface area contributed by atoms with Crippen LogP contribution in [0.3, 0.4) is 0 Å². The molecule has 6 heteroatoms. The third kappa shape index (κ3) is 3.25. The van der Waals surface area contributed by atoms with Crippen LogP contribution >= 0.6 is 11.6 Å². The van der Waals surface area contributed by atoms with Gasteiger partial charge in [-0.1, -0.05) is 0 Å². The van der Waals surface area contributed by atoms with Gasteiger partial charge in [-0.3, -0.25) is 4.79 Å². The van der Waals surface area contributed by atoms with E-state index in [0.29, 0.717) is 6.07 Å². The lowest BCUT2D eigenvalue weighted by Gasteiger charge is -2.18. The number of ketones is 1. The number of hydrogen-bond donors (Lipinski definition) is 2. The van der Waals surface area contributed by atoms with E-state index in [0.717, 1.165) is 13.0 Å². The van der Waals surface area contributed by atoms with Crippen molar-refractivity contribution >= 4 is 17.4 Å². The molecule has 1 aromatic carbocycles. The number of benzene rings is 1. The van der Waals surface area contributed by atoms with Crippen LogP contribution in [-0.2, 0) is 0 Å². The first-order chi connectivity index (χ1) is 8.38. The van der Waals surface area contributed by atoms with Gasteiger partial charge in [-0.05, 0) is 19.4 Å². The highest BCUT2D eigenvalue weighted by Gasteiger charge is 2.23. The van der Waals surface area contributed by atoms with Crippen molar-refractivity contribution in [3.8, 4) is 0 Å². The summed E-state index contributed by atoms with van der Waals surface area (Å²) in [5.41, 5.74) is -0.650. The van der Waals surface area contributed by atoms with E-state index in [-0.39, 0.29) is 23.4 Å². The van der Waals surface area contributed by atoms with Crippen LogP contribution in [0.2, 0.25) is 0 Å². The monoisotopic (exact) mass is 278 g/mol. The molecule has 0 saturated carbocycles. The molecule has 0 aliphatic rings. The number of halogens is 3. The number of carbonyl (C=O) groups excluding carboxylic acids is 1. The quantitative estimate of drug-likeness (QED) is 0.641. The molecule has 3 nitrogen and oxygen atoms in total. The summed E-state index contributed by atoms with van der Waals surface area (Å²) in [6.45, 7) is 1.13. The maximum Gasteiger partial charge on any atom is 0.162 e. The molecule has 2 unspecified atom stereocenters. The molecule has 0 heterocycles. The summed E-state index contributed by atoms with van der Waals surface area (Å²) in [7, 11) is 0. The van der Waals surface area contributed by atoms with E-state index in [4.69, 9.17) is 11.6 Å². The van der Waals surface area contributed by atoms with E-state index in [1.807, 2.05) is 0 Å². The number of alkyl halides is 1. The van der Waals surface area contributed by atoms with E-state index < -0.39 is 29.6 Å². The van der Waals surface area contributed by atoms with Crippen molar-refractivity contribution in [2.24, 2.45) is 0 Å². The van der Waals surface area contributed by atoms with Gasteiger partial charge in [0.2, 0.25) is 0 Å². The molecule has 18 heavy (non-hydrogen) atoms. The van der Waals surface area contributed by atoms with Gasteiger partial charge in [0.25, 0.3) is 0 Å². The second kappa shape index (κ2) is 6.22. The zero-order chi connectivity index (χ0) is 13.9. The Bertz CT molecular complexity index is 451. The smallest absolute Gasteiger partial charge is 0.162 e. The summed E-state index contributed by atoms with van der Waals surface area (Å²) in [5, 5.41) is 19.2. The molecular weight excluding hydrogens is 266 g/mol. The van der Waals surface area contributed by atoms with Crippen molar-refractivity contribution in [3.63, 3.8) is 0 Å². The molecule has 0 radical (unpaired) electrons. The number of hydrogen-bond acceptors (Lipinski definition) is 3. The fourth-order valence-corrected chi connectivity index (χ4v) is 1.76. The molecule has 1 rings (SSSR count). The van der Waals surface area contributed by atoms with E-state index in [1.165, 1.54) is 0 Å². The van der Waals surface area contributed by atoms with Gasteiger partial charge < -0.3 is 10.2 Å². The van der Waals surface area contributed by atoms with E-state index >= 15 is 0 Å². The van der Waals surface area contributed by atoms with Crippen molar-refractivity contribution in [1.82, 2.24) is 0 Å². The minimum absolute atomic E-state index is 0.0505. The van der Waals surface area contributed by atoms with Crippen LogP contribution in [0.1, 0.15) is 35.4 Å². The minimum Gasteiger partial charge on any atom is -0.390 e. The number of Topliss-reactive ketones (excluding diaryl/α,β-unsaturated/α-hetero) is 1. The lowest BCUT2D eigenvalue weighted by atomic mass is 9.98. The Labute approximate surface area is 108 Å². The largest absolute Gasteiger partial charge is 0.390 e. The summed E-state index contributed by atoms with van der Waals surface area (Å²) in [6.07, 6.45) is -2.78. The van der Waals surface area contributed by atoms with Gasteiger partial charge in [0, 0.05) is 17.5 Å². The molecule has 0 aliphatic heterocycles. The summed E-state index contributed by atoms with van der Waals surface area (Å²) in [4.78, 5) is 11.1. The van der Waals surface area contributed by atoms with Gasteiger partial charge in [0.05, 0.1) is 11.7 Å². The minimum atomic E-state index is -1.55. The van der Waals surface area contributed by atoms with Gasteiger partial charge in [-0.2, -0.15) is 0 Å². The third-order valence-corrected chi connectivity index (χ3v) is 2.77. The molecule has 100 valence electrons. The highest BCUT2D eigenvalue weighted by molar-refractivity contribution is 6.17. The maximum absolute atomic E-state index is 13.5. The maximum atomic E-state index is 13.5. The molecule has 0 aromatic heterocycles. The van der Waals surface area contributed by atoms with Crippen LogP contribution in [0.25, 0.3) is 0 Å². The standard InChI is InChI=1S/C12H13ClF2O3/c1-6(16)7-4-8(10(15)5-9(7)14)12(18)11(17)2-3-13/h4-5,11-12,17-18H,2-3H2,1H3. The van der Waals surface area contributed by atoms with Crippen LogP contribution in [-0.4, -0.2) is 28.0 Å². The average molecular weight is 279 g/mol. The Morgan fingerprint density at radius 2 is 1.94 bits per heavy atom. The molecule has 0 amide bonds. The summed E-state index contributed by atoms with van der Waals surface area (Å²) >= 11 is 5.40. The second-order valence-electron chi connectivity index (χ2n) is 3.90. The second-order valence-corrected chi connectivity index (χ2v) is 4.28. The molecule has 0 spiro atoms. The van der Waals surface area contributed by atoms with Crippen molar-refractivity contribution in [2.45, 2.75) is 25.6 Å². The number of aliphatic hydroxyl groups is 2. The molecule has 2 atom stereocenters. The van der Waals surface area contributed by atoms with Gasteiger partial charge in [0.1, 0.15) is 17.7 Å². The predicted octanol–water partition coefficient (Wildman–Crippen LogP) is 2.19. The van der Waals surface area contributed by atoms with Crippen LogP contribution < -0.4 is 0 Å². The normalized spacial score (nSPS) is 14.3. The zero-order valence-electron chi connectivity index (χ0n) is 9.66. The average Bonchev–Trinajstić information content (AvgIpc) is 2.28. The SMILES string of the molecule is CC(=O)c1cc(C(O)C(O)CCCl)c(F)cc1F. The molecule has 0 aliphatic carbocycles.